The monoisotopic (exact) mass is 442 g/mol. The highest BCUT2D eigenvalue weighted by atomic mass is 28.3. The van der Waals surface area contributed by atoms with E-state index < -0.39 is 8.07 Å². The molecule has 166 valence electrons. The van der Waals surface area contributed by atoms with Crippen molar-refractivity contribution in [1.82, 2.24) is 19.1 Å². The lowest BCUT2D eigenvalue weighted by atomic mass is 10.1. The number of benzene rings is 1. The Morgan fingerprint density at radius 1 is 1.19 bits per heavy atom. The predicted molar refractivity (Wildman–Crippen MR) is 123 cm³/mol. The Morgan fingerprint density at radius 3 is 2.45 bits per heavy atom. The molecular weight excluding hydrogens is 411 g/mol. The second-order valence-electron chi connectivity index (χ2n) is 9.27. The second-order valence-corrected chi connectivity index (χ2v) is 14.9. The van der Waals surface area contributed by atoms with Gasteiger partial charge >= 0.3 is 0 Å². The minimum Gasteiger partial charge on any atom is -0.361 e. The highest BCUT2D eigenvalue weighted by Crippen LogP contribution is 2.33. The number of halogens is 1. The molecule has 0 spiro atoms. The Bertz CT molecular complexity index is 1050. The first-order chi connectivity index (χ1) is 14.6. The average Bonchev–Trinajstić information content (AvgIpc) is 3.29. The van der Waals surface area contributed by atoms with Crippen molar-refractivity contribution >= 4 is 13.9 Å². The van der Waals surface area contributed by atoms with Gasteiger partial charge < -0.3 is 13.9 Å². The Morgan fingerprint density at radius 2 is 1.87 bits per heavy atom. The van der Waals surface area contributed by atoms with Gasteiger partial charge in [0.05, 0.1) is 12.0 Å². The maximum absolute atomic E-state index is 13.5. The zero-order chi connectivity index (χ0) is 22.8. The summed E-state index contributed by atoms with van der Waals surface area (Å²) >= 11 is 0. The summed E-state index contributed by atoms with van der Waals surface area (Å²) in [4.78, 5) is 21.3. The third-order valence-corrected chi connectivity index (χ3v) is 6.75. The van der Waals surface area contributed by atoms with E-state index in [1.807, 2.05) is 9.13 Å². The number of imidazole rings is 2. The number of ketones is 1. The van der Waals surface area contributed by atoms with Crippen LogP contribution in [0.25, 0.3) is 22.8 Å². The van der Waals surface area contributed by atoms with Crippen LogP contribution in [0, 0.1) is 5.82 Å². The average molecular weight is 443 g/mol. The molecule has 0 bridgehead atoms. The molecule has 0 saturated carbocycles. The number of carbonyl (C=O) groups excluding carboxylic acids is 1. The largest absolute Gasteiger partial charge is 0.361 e. The van der Waals surface area contributed by atoms with Crippen LogP contribution in [0.3, 0.4) is 0 Å². The molecule has 0 atom stereocenters. The molecule has 0 saturated heterocycles. The molecule has 0 amide bonds. The number of carbonyl (C=O) groups is 1. The number of rotatable bonds is 9. The predicted octanol–water partition coefficient (Wildman–Crippen LogP) is 5.65. The molecule has 0 aliphatic carbocycles. The van der Waals surface area contributed by atoms with Gasteiger partial charge in [0.1, 0.15) is 23.9 Å². The minimum absolute atomic E-state index is 0.110. The van der Waals surface area contributed by atoms with Crippen LogP contribution in [0.2, 0.25) is 25.7 Å². The number of aromatic nitrogens is 4. The summed E-state index contributed by atoms with van der Waals surface area (Å²) in [6, 6.07) is 7.42. The Balaban J connectivity index is 2.05. The quantitative estimate of drug-likeness (QED) is 0.244. The molecule has 31 heavy (non-hydrogen) atoms. The van der Waals surface area contributed by atoms with Gasteiger partial charge in [-0.2, -0.15) is 0 Å². The molecule has 1 aromatic carbocycles. The molecule has 0 unspecified atom stereocenters. The van der Waals surface area contributed by atoms with Crippen LogP contribution in [0.5, 0.6) is 0 Å². The fraction of sp³-hybridized carbons (Fsp3) is 0.435. The summed E-state index contributed by atoms with van der Waals surface area (Å²) in [5.41, 5.74) is 2.64. The third kappa shape index (κ3) is 5.56. The Labute approximate surface area is 184 Å². The van der Waals surface area contributed by atoms with Crippen molar-refractivity contribution in [3.8, 4) is 22.8 Å². The van der Waals surface area contributed by atoms with E-state index in [1.54, 1.807) is 24.7 Å². The minimum atomic E-state index is -1.21. The van der Waals surface area contributed by atoms with Gasteiger partial charge in [0.25, 0.3) is 0 Å². The van der Waals surface area contributed by atoms with E-state index in [4.69, 9.17) is 4.74 Å². The molecule has 0 aliphatic rings. The zero-order valence-electron chi connectivity index (χ0n) is 19.1. The van der Waals surface area contributed by atoms with Gasteiger partial charge in [-0.1, -0.05) is 19.6 Å². The summed E-state index contributed by atoms with van der Waals surface area (Å²) < 4.78 is 23.3. The van der Waals surface area contributed by atoms with E-state index in [2.05, 4.69) is 43.5 Å². The van der Waals surface area contributed by atoms with Gasteiger partial charge in [-0.25, -0.2) is 14.4 Å². The topological polar surface area (TPSA) is 61.9 Å². The van der Waals surface area contributed by atoms with Gasteiger partial charge in [-0.15, -0.1) is 0 Å². The molecule has 6 nitrogen and oxygen atoms in total. The van der Waals surface area contributed by atoms with Crippen LogP contribution in [0.15, 0.2) is 36.8 Å². The van der Waals surface area contributed by atoms with Crippen LogP contribution in [-0.2, 0) is 11.5 Å². The van der Waals surface area contributed by atoms with Crippen molar-refractivity contribution in [2.45, 2.75) is 59.2 Å². The first kappa shape index (κ1) is 23.1. The molecule has 3 rings (SSSR count). The van der Waals surface area contributed by atoms with Gasteiger partial charge in [-0.05, 0) is 44.2 Å². The number of nitrogens with zero attached hydrogens (tertiary/aromatic N) is 4. The fourth-order valence-corrected chi connectivity index (χ4v) is 3.96. The Kier molecular flexibility index (Phi) is 6.91. The highest BCUT2D eigenvalue weighted by Gasteiger charge is 2.23. The van der Waals surface area contributed by atoms with Crippen molar-refractivity contribution in [1.29, 1.82) is 0 Å². The van der Waals surface area contributed by atoms with Crippen molar-refractivity contribution in [2.75, 3.05) is 6.61 Å². The molecule has 2 heterocycles. The van der Waals surface area contributed by atoms with Gasteiger partial charge in [0.15, 0.2) is 11.6 Å². The van der Waals surface area contributed by atoms with Gasteiger partial charge in [0, 0.05) is 39.4 Å². The number of hydrogen-bond acceptors (Lipinski definition) is 4. The lowest BCUT2D eigenvalue weighted by Crippen LogP contribution is -2.22. The molecular formula is C23H31FN4O2Si. The first-order valence-electron chi connectivity index (χ1n) is 10.6. The molecule has 8 heteroatoms. The fourth-order valence-electron chi connectivity index (χ4n) is 3.21. The summed E-state index contributed by atoms with van der Waals surface area (Å²) in [6.45, 7) is 13.5. The number of hydrogen-bond donors (Lipinski definition) is 0. The molecule has 0 aliphatic heterocycles. The SMILES string of the molecule is CC(=O)c1cn(COCC[Si](C)(C)C)c(-c2c(-c3ccc(F)cc3)ncn2C(C)C)n1. The molecule has 0 N–H and O–H groups in total. The summed E-state index contributed by atoms with van der Waals surface area (Å²) in [6.07, 6.45) is 3.50. The van der Waals surface area contributed by atoms with Crippen LogP contribution in [0.4, 0.5) is 4.39 Å². The summed E-state index contributed by atoms with van der Waals surface area (Å²) in [5.74, 6) is 0.203. The maximum atomic E-state index is 13.5. The second kappa shape index (κ2) is 9.28. The first-order valence-corrected chi connectivity index (χ1v) is 14.3. The smallest absolute Gasteiger partial charge is 0.179 e. The molecule has 3 aromatic rings. The van der Waals surface area contributed by atoms with Crippen LogP contribution in [-0.4, -0.2) is 39.6 Å². The van der Waals surface area contributed by atoms with Crippen LogP contribution in [0.1, 0.15) is 37.3 Å². The van der Waals surface area contributed by atoms with E-state index in [1.165, 1.54) is 19.1 Å². The molecule has 2 aromatic heterocycles. The van der Waals surface area contributed by atoms with Gasteiger partial charge in [-0.3, -0.25) is 4.79 Å². The van der Waals surface area contributed by atoms with E-state index in [0.29, 0.717) is 30.5 Å². The van der Waals surface area contributed by atoms with Crippen LogP contribution < -0.4 is 0 Å². The highest BCUT2D eigenvalue weighted by molar-refractivity contribution is 6.76. The normalized spacial score (nSPS) is 12.0. The van der Waals surface area contributed by atoms with E-state index in [9.17, 15) is 9.18 Å². The maximum Gasteiger partial charge on any atom is 0.179 e. The van der Waals surface area contributed by atoms with Crippen molar-refractivity contribution in [2.24, 2.45) is 0 Å². The van der Waals surface area contributed by atoms with Crippen molar-refractivity contribution in [3.63, 3.8) is 0 Å². The van der Waals surface area contributed by atoms with Crippen LogP contribution >= 0.6 is 0 Å². The number of Topliss-reactive ketones (excluding diaryl/α,β-unsaturated/α-hetero) is 1. The lowest BCUT2D eigenvalue weighted by molar-refractivity contribution is 0.0880. The standard InChI is InChI=1S/C23H31FN4O2Si/c1-16(2)28-14-25-21(18-7-9-19(24)10-8-18)22(28)23-26-20(17(3)29)13-27(23)15-30-11-12-31(4,5)6/h7-10,13-14,16H,11-12,15H2,1-6H3. The zero-order valence-corrected chi connectivity index (χ0v) is 20.1. The summed E-state index contributed by atoms with van der Waals surface area (Å²) in [7, 11) is -1.21. The van der Waals surface area contributed by atoms with E-state index >= 15 is 0 Å². The molecule has 0 radical (unpaired) electrons. The van der Waals surface area contributed by atoms with E-state index in [0.717, 1.165) is 17.3 Å². The molecule has 0 fully saturated rings. The summed E-state index contributed by atoms with van der Waals surface area (Å²) in [5, 5.41) is 0. The van der Waals surface area contributed by atoms with E-state index in [-0.39, 0.29) is 17.6 Å². The van der Waals surface area contributed by atoms with Crippen molar-refractivity contribution in [3.05, 3.63) is 48.3 Å². The Hall–Kier alpha value is -2.58. The van der Waals surface area contributed by atoms with Crippen molar-refractivity contribution < 1.29 is 13.9 Å². The van der Waals surface area contributed by atoms with Gasteiger partial charge in [0.2, 0.25) is 0 Å². The third-order valence-electron chi connectivity index (χ3n) is 5.04. The number of ether oxygens (including phenoxy) is 1. The lowest BCUT2D eigenvalue weighted by Gasteiger charge is -2.17.